The highest BCUT2D eigenvalue weighted by Crippen LogP contribution is 2.22. The SMILES string of the molecule is CCCC(CS)CN(C)CC1(O)CCOCC1. The second-order valence-electron chi connectivity index (χ2n) is 5.37. The van der Waals surface area contributed by atoms with E-state index in [0.29, 0.717) is 19.1 Å². The zero-order valence-electron chi connectivity index (χ0n) is 11.2. The summed E-state index contributed by atoms with van der Waals surface area (Å²) in [5.74, 6) is 1.57. The highest BCUT2D eigenvalue weighted by molar-refractivity contribution is 7.80. The molecule has 1 aliphatic heterocycles. The summed E-state index contributed by atoms with van der Waals surface area (Å²) in [7, 11) is 2.10. The Labute approximate surface area is 111 Å². The molecule has 17 heavy (non-hydrogen) atoms. The lowest BCUT2D eigenvalue weighted by Gasteiger charge is -2.36. The first-order valence-electron chi connectivity index (χ1n) is 6.69. The first-order chi connectivity index (χ1) is 8.09. The Morgan fingerprint density at radius 2 is 2.06 bits per heavy atom. The summed E-state index contributed by atoms with van der Waals surface area (Å²) >= 11 is 4.40. The van der Waals surface area contributed by atoms with Gasteiger partial charge in [-0.05, 0) is 25.1 Å². The number of ether oxygens (including phenoxy) is 1. The molecule has 1 N–H and O–H groups in total. The number of aliphatic hydroxyl groups is 1. The van der Waals surface area contributed by atoms with Crippen LogP contribution in [0.2, 0.25) is 0 Å². The van der Waals surface area contributed by atoms with Crippen molar-refractivity contribution in [2.24, 2.45) is 5.92 Å². The average Bonchev–Trinajstić information content (AvgIpc) is 2.28. The van der Waals surface area contributed by atoms with Gasteiger partial charge in [-0.25, -0.2) is 0 Å². The molecule has 1 unspecified atom stereocenters. The van der Waals surface area contributed by atoms with Crippen molar-refractivity contribution in [3.63, 3.8) is 0 Å². The maximum atomic E-state index is 10.4. The molecule has 4 heteroatoms. The van der Waals surface area contributed by atoms with Crippen LogP contribution in [0.4, 0.5) is 0 Å². The van der Waals surface area contributed by atoms with Gasteiger partial charge in [0.25, 0.3) is 0 Å². The third-order valence-corrected chi connectivity index (χ3v) is 4.03. The van der Waals surface area contributed by atoms with Crippen molar-refractivity contribution < 1.29 is 9.84 Å². The van der Waals surface area contributed by atoms with E-state index in [1.165, 1.54) is 12.8 Å². The fraction of sp³-hybridized carbons (Fsp3) is 1.00. The number of nitrogens with zero attached hydrogens (tertiary/aromatic N) is 1. The van der Waals surface area contributed by atoms with E-state index in [1.807, 2.05) is 0 Å². The van der Waals surface area contributed by atoms with Crippen molar-refractivity contribution in [3.05, 3.63) is 0 Å². The molecule has 0 aromatic rings. The van der Waals surface area contributed by atoms with Crippen LogP contribution < -0.4 is 0 Å². The molecule has 0 saturated carbocycles. The average molecular weight is 261 g/mol. The van der Waals surface area contributed by atoms with Crippen molar-refractivity contribution >= 4 is 12.6 Å². The van der Waals surface area contributed by atoms with Gasteiger partial charge in [0, 0.05) is 39.1 Å². The maximum Gasteiger partial charge on any atom is 0.0817 e. The number of hydrogen-bond acceptors (Lipinski definition) is 4. The Hall–Kier alpha value is 0.230. The van der Waals surface area contributed by atoms with Crippen LogP contribution >= 0.6 is 12.6 Å². The van der Waals surface area contributed by atoms with Gasteiger partial charge < -0.3 is 14.7 Å². The van der Waals surface area contributed by atoms with Crippen molar-refractivity contribution in [1.29, 1.82) is 0 Å². The highest BCUT2D eigenvalue weighted by atomic mass is 32.1. The quantitative estimate of drug-likeness (QED) is 0.686. The molecule has 1 atom stereocenters. The van der Waals surface area contributed by atoms with Crippen molar-refractivity contribution in [2.75, 3.05) is 39.1 Å². The molecule has 1 fully saturated rings. The summed E-state index contributed by atoms with van der Waals surface area (Å²) < 4.78 is 5.30. The Kier molecular flexibility index (Phi) is 6.85. The smallest absolute Gasteiger partial charge is 0.0817 e. The van der Waals surface area contributed by atoms with Crippen LogP contribution in [0.1, 0.15) is 32.6 Å². The van der Waals surface area contributed by atoms with E-state index in [1.54, 1.807) is 0 Å². The summed E-state index contributed by atoms with van der Waals surface area (Å²) in [6.45, 7) is 5.37. The van der Waals surface area contributed by atoms with Crippen LogP contribution in [-0.4, -0.2) is 54.7 Å². The fourth-order valence-electron chi connectivity index (χ4n) is 2.57. The van der Waals surface area contributed by atoms with Gasteiger partial charge in [0.15, 0.2) is 0 Å². The Morgan fingerprint density at radius 1 is 1.41 bits per heavy atom. The molecule has 1 saturated heterocycles. The Balaban J connectivity index is 2.33. The maximum absolute atomic E-state index is 10.4. The number of hydrogen-bond donors (Lipinski definition) is 2. The van der Waals surface area contributed by atoms with Crippen LogP contribution in [0.15, 0.2) is 0 Å². The number of likely N-dealkylation sites (N-methyl/N-ethyl adjacent to an activating group) is 1. The monoisotopic (exact) mass is 261 g/mol. The van der Waals surface area contributed by atoms with Gasteiger partial charge in [-0.1, -0.05) is 13.3 Å². The molecule has 0 aromatic carbocycles. The summed E-state index contributed by atoms with van der Waals surface area (Å²) in [6, 6.07) is 0. The molecule has 0 spiro atoms. The molecule has 0 radical (unpaired) electrons. The predicted octanol–water partition coefficient (Wildman–Crippen LogP) is 1.81. The largest absolute Gasteiger partial charge is 0.388 e. The highest BCUT2D eigenvalue weighted by Gasteiger charge is 2.31. The molecule has 1 rings (SSSR count). The van der Waals surface area contributed by atoms with E-state index < -0.39 is 5.60 Å². The second kappa shape index (κ2) is 7.62. The molecular formula is C13H27NO2S. The van der Waals surface area contributed by atoms with E-state index in [2.05, 4.69) is 31.5 Å². The lowest BCUT2D eigenvalue weighted by atomic mass is 9.93. The van der Waals surface area contributed by atoms with Gasteiger partial charge in [-0.15, -0.1) is 0 Å². The topological polar surface area (TPSA) is 32.7 Å². The van der Waals surface area contributed by atoms with E-state index in [9.17, 15) is 5.11 Å². The summed E-state index contributed by atoms with van der Waals surface area (Å²) in [4.78, 5) is 2.25. The third-order valence-electron chi connectivity index (χ3n) is 3.51. The van der Waals surface area contributed by atoms with E-state index in [-0.39, 0.29) is 0 Å². The third kappa shape index (κ3) is 5.60. The van der Waals surface area contributed by atoms with E-state index in [0.717, 1.165) is 31.7 Å². The molecule has 0 amide bonds. The zero-order chi connectivity index (χ0) is 12.7. The predicted molar refractivity (Wildman–Crippen MR) is 74.8 cm³/mol. The van der Waals surface area contributed by atoms with Crippen LogP contribution in [0.3, 0.4) is 0 Å². The first kappa shape index (κ1) is 15.3. The Morgan fingerprint density at radius 3 is 2.59 bits per heavy atom. The van der Waals surface area contributed by atoms with Gasteiger partial charge in [0.2, 0.25) is 0 Å². The minimum atomic E-state index is -0.541. The standard InChI is InChI=1S/C13H27NO2S/c1-3-4-12(10-17)9-14(2)11-13(15)5-7-16-8-6-13/h12,15,17H,3-11H2,1-2H3. The molecule has 102 valence electrons. The van der Waals surface area contributed by atoms with Gasteiger partial charge >= 0.3 is 0 Å². The Bertz CT molecular complexity index is 208. The van der Waals surface area contributed by atoms with Crippen molar-refractivity contribution in [1.82, 2.24) is 4.90 Å². The zero-order valence-corrected chi connectivity index (χ0v) is 12.1. The second-order valence-corrected chi connectivity index (χ2v) is 5.74. The lowest BCUT2D eigenvalue weighted by molar-refractivity contribution is -0.0778. The fourth-order valence-corrected chi connectivity index (χ4v) is 2.86. The summed E-state index contributed by atoms with van der Waals surface area (Å²) in [5, 5.41) is 10.4. The van der Waals surface area contributed by atoms with Crippen molar-refractivity contribution in [2.45, 2.75) is 38.2 Å². The minimum absolute atomic E-state index is 0.541. The molecule has 1 aliphatic rings. The van der Waals surface area contributed by atoms with E-state index >= 15 is 0 Å². The molecule has 0 aliphatic carbocycles. The normalized spacial score (nSPS) is 21.7. The van der Waals surface area contributed by atoms with Crippen LogP contribution in [0.25, 0.3) is 0 Å². The van der Waals surface area contributed by atoms with Gasteiger partial charge in [-0.2, -0.15) is 12.6 Å². The molecule has 3 nitrogen and oxygen atoms in total. The lowest BCUT2D eigenvalue weighted by Crippen LogP contribution is -2.46. The molecule has 1 heterocycles. The summed E-state index contributed by atoms with van der Waals surface area (Å²) in [6.07, 6.45) is 3.94. The molecule has 0 aromatic heterocycles. The van der Waals surface area contributed by atoms with Gasteiger partial charge in [0.1, 0.15) is 0 Å². The van der Waals surface area contributed by atoms with Crippen LogP contribution in [-0.2, 0) is 4.74 Å². The number of rotatable bonds is 7. The minimum Gasteiger partial charge on any atom is -0.388 e. The van der Waals surface area contributed by atoms with Crippen molar-refractivity contribution in [3.8, 4) is 0 Å². The van der Waals surface area contributed by atoms with Gasteiger partial charge in [-0.3, -0.25) is 0 Å². The van der Waals surface area contributed by atoms with Gasteiger partial charge in [0.05, 0.1) is 5.60 Å². The molecule has 0 bridgehead atoms. The molecular weight excluding hydrogens is 234 g/mol. The van der Waals surface area contributed by atoms with Crippen LogP contribution in [0, 0.1) is 5.92 Å². The first-order valence-corrected chi connectivity index (χ1v) is 7.32. The summed E-state index contributed by atoms with van der Waals surface area (Å²) in [5.41, 5.74) is -0.541. The van der Waals surface area contributed by atoms with Crippen LogP contribution in [0.5, 0.6) is 0 Å². The van der Waals surface area contributed by atoms with E-state index in [4.69, 9.17) is 4.74 Å². The number of thiol groups is 1.